The van der Waals surface area contributed by atoms with E-state index in [4.69, 9.17) is 9.84 Å². The van der Waals surface area contributed by atoms with Gasteiger partial charge in [0.1, 0.15) is 5.75 Å². The number of hydrogen-bond acceptors (Lipinski definition) is 4. The van der Waals surface area contributed by atoms with E-state index >= 15 is 0 Å². The van der Waals surface area contributed by atoms with Gasteiger partial charge in [0.2, 0.25) is 0 Å². The van der Waals surface area contributed by atoms with Crippen molar-refractivity contribution >= 4 is 17.7 Å². The van der Waals surface area contributed by atoms with Crippen molar-refractivity contribution in [3.63, 3.8) is 0 Å². The molecule has 0 aliphatic heterocycles. The molecule has 1 aliphatic rings. The quantitative estimate of drug-likeness (QED) is 0.439. The molecule has 0 atom stereocenters. The average Bonchev–Trinajstić information content (AvgIpc) is 3.27. The molecule has 0 unspecified atom stereocenters. The molecule has 2 aromatic carbocycles. The summed E-state index contributed by atoms with van der Waals surface area (Å²) in [7, 11) is 0. The number of rotatable bonds is 7. The molecule has 0 bridgehead atoms. The number of alkyl halides is 3. The lowest BCUT2D eigenvalue weighted by molar-refractivity contribution is -0.139. The molecule has 0 amide bonds. The molecule has 0 saturated carbocycles. The van der Waals surface area contributed by atoms with Gasteiger partial charge in [-0.15, -0.1) is 11.8 Å². The zero-order chi connectivity index (χ0) is 22.7. The van der Waals surface area contributed by atoms with Gasteiger partial charge in [-0.2, -0.15) is 13.2 Å². The standard InChI is InChI=1S/C24H20F3NO3S/c25-24(26,27)17-8-9-20(28-12-17)16-6-4-15(5-7-16)14-32-22-11-10-21(31-13-23(29)30)18-2-1-3-19(18)22/h4-12H,1-3,13-14H2,(H,29,30). The van der Waals surface area contributed by atoms with Crippen LogP contribution in [0, 0.1) is 0 Å². The van der Waals surface area contributed by atoms with Gasteiger partial charge in [0.15, 0.2) is 6.61 Å². The van der Waals surface area contributed by atoms with Gasteiger partial charge in [0.05, 0.1) is 11.3 Å². The van der Waals surface area contributed by atoms with E-state index in [1.807, 2.05) is 36.4 Å². The first-order chi connectivity index (χ1) is 15.3. The summed E-state index contributed by atoms with van der Waals surface area (Å²) < 4.78 is 43.5. The van der Waals surface area contributed by atoms with Crippen molar-refractivity contribution in [2.45, 2.75) is 36.1 Å². The maximum atomic E-state index is 12.7. The smallest absolute Gasteiger partial charge is 0.417 e. The molecule has 1 aromatic heterocycles. The summed E-state index contributed by atoms with van der Waals surface area (Å²) in [4.78, 5) is 15.9. The number of carbonyl (C=O) groups is 1. The number of carboxylic acids is 1. The number of aromatic nitrogens is 1. The molecule has 1 N–H and O–H groups in total. The molecule has 1 aliphatic carbocycles. The van der Waals surface area contributed by atoms with Crippen LogP contribution in [-0.4, -0.2) is 22.7 Å². The molecule has 8 heteroatoms. The molecule has 0 radical (unpaired) electrons. The van der Waals surface area contributed by atoms with E-state index in [9.17, 15) is 18.0 Å². The minimum Gasteiger partial charge on any atom is -0.482 e. The van der Waals surface area contributed by atoms with Crippen LogP contribution in [0.1, 0.15) is 28.7 Å². The van der Waals surface area contributed by atoms with E-state index < -0.39 is 17.7 Å². The highest BCUT2D eigenvalue weighted by molar-refractivity contribution is 7.98. The molecule has 1 heterocycles. The predicted octanol–water partition coefficient (Wildman–Crippen LogP) is 6.01. The zero-order valence-corrected chi connectivity index (χ0v) is 17.8. The van der Waals surface area contributed by atoms with Crippen LogP contribution in [0.4, 0.5) is 13.2 Å². The third-order valence-corrected chi connectivity index (χ3v) is 6.46. The van der Waals surface area contributed by atoms with Crippen LogP contribution in [0.15, 0.2) is 59.6 Å². The first-order valence-electron chi connectivity index (χ1n) is 10.1. The maximum Gasteiger partial charge on any atom is 0.417 e. The Morgan fingerprint density at radius 2 is 1.78 bits per heavy atom. The second-order valence-electron chi connectivity index (χ2n) is 7.47. The lowest BCUT2D eigenvalue weighted by atomic mass is 10.1. The number of ether oxygens (including phenoxy) is 1. The first kappa shape index (κ1) is 22.2. The Kier molecular flexibility index (Phi) is 6.41. The molecule has 32 heavy (non-hydrogen) atoms. The summed E-state index contributed by atoms with van der Waals surface area (Å²) in [5.74, 6) is 0.394. The van der Waals surface area contributed by atoms with E-state index in [0.717, 1.165) is 58.9 Å². The Morgan fingerprint density at radius 3 is 2.44 bits per heavy atom. The van der Waals surface area contributed by atoms with Crippen LogP contribution in [0.3, 0.4) is 0 Å². The zero-order valence-electron chi connectivity index (χ0n) is 17.0. The van der Waals surface area contributed by atoms with Crippen molar-refractivity contribution in [2.75, 3.05) is 6.61 Å². The highest BCUT2D eigenvalue weighted by atomic mass is 32.2. The minimum absolute atomic E-state index is 0.348. The Bertz CT molecular complexity index is 1110. The summed E-state index contributed by atoms with van der Waals surface area (Å²) in [6.45, 7) is -0.348. The first-order valence-corrected chi connectivity index (χ1v) is 11.0. The van der Waals surface area contributed by atoms with E-state index in [-0.39, 0.29) is 6.61 Å². The van der Waals surface area contributed by atoms with E-state index in [2.05, 4.69) is 4.98 Å². The van der Waals surface area contributed by atoms with Crippen LogP contribution in [-0.2, 0) is 29.6 Å². The Morgan fingerprint density at radius 1 is 1.03 bits per heavy atom. The fourth-order valence-corrected chi connectivity index (χ4v) is 4.79. The van der Waals surface area contributed by atoms with Gasteiger partial charge in [-0.25, -0.2) is 4.79 Å². The van der Waals surface area contributed by atoms with E-state index in [1.165, 1.54) is 11.6 Å². The van der Waals surface area contributed by atoms with Gasteiger partial charge in [0, 0.05) is 22.4 Å². The van der Waals surface area contributed by atoms with Gasteiger partial charge < -0.3 is 9.84 Å². The maximum absolute atomic E-state index is 12.7. The molecule has 4 rings (SSSR count). The number of benzene rings is 2. The Hall–Kier alpha value is -3.00. The highest BCUT2D eigenvalue weighted by Crippen LogP contribution is 2.39. The van der Waals surface area contributed by atoms with Crippen molar-refractivity contribution in [3.8, 4) is 17.0 Å². The molecule has 3 aromatic rings. The monoisotopic (exact) mass is 459 g/mol. The van der Waals surface area contributed by atoms with Crippen LogP contribution < -0.4 is 4.74 Å². The van der Waals surface area contributed by atoms with E-state index in [1.54, 1.807) is 11.8 Å². The van der Waals surface area contributed by atoms with Gasteiger partial charge in [0.25, 0.3) is 0 Å². The normalized spacial score (nSPS) is 13.1. The summed E-state index contributed by atoms with van der Waals surface area (Å²) in [5, 5.41) is 8.85. The van der Waals surface area contributed by atoms with Gasteiger partial charge in [-0.05, 0) is 60.2 Å². The van der Waals surface area contributed by atoms with Gasteiger partial charge in [-0.3, -0.25) is 4.98 Å². The summed E-state index contributed by atoms with van der Waals surface area (Å²) in [6, 6.07) is 13.9. The lowest BCUT2D eigenvalue weighted by Crippen LogP contribution is -2.10. The van der Waals surface area contributed by atoms with Gasteiger partial charge in [-0.1, -0.05) is 24.3 Å². The molecule has 0 fully saturated rings. The van der Waals surface area contributed by atoms with Crippen LogP contribution in [0.2, 0.25) is 0 Å². The lowest BCUT2D eigenvalue weighted by Gasteiger charge is -2.13. The highest BCUT2D eigenvalue weighted by Gasteiger charge is 2.30. The molecule has 0 saturated heterocycles. The van der Waals surface area contributed by atoms with Crippen molar-refractivity contribution in [2.24, 2.45) is 0 Å². The molecular weight excluding hydrogens is 439 g/mol. The number of nitrogens with zero attached hydrogens (tertiary/aromatic N) is 1. The number of halogens is 3. The molecular formula is C24H20F3NO3S. The average molecular weight is 459 g/mol. The summed E-state index contributed by atoms with van der Waals surface area (Å²) >= 11 is 1.71. The van der Waals surface area contributed by atoms with Crippen molar-refractivity contribution in [1.82, 2.24) is 4.98 Å². The third kappa shape index (κ3) is 5.07. The van der Waals surface area contributed by atoms with Crippen molar-refractivity contribution in [1.29, 1.82) is 0 Å². The Labute approximate surface area is 187 Å². The second-order valence-corrected chi connectivity index (χ2v) is 8.49. The van der Waals surface area contributed by atoms with E-state index in [0.29, 0.717) is 11.4 Å². The fourth-order valence-electron chi connectivity index (χ4n) is 3.72. The Balaban J connectivity index is 1.43. The summed E-state index contributed by atoms with van der Waals surface area (Å²) in [6.07, 6.45) is -0.698. The number of thioether (sulfide) groups is 1. The topological polar surface area (TPSA) is 59.4 Å². The third-order valence-electron chi connectivity index (χ3n) is 5.28. The van der Waals surface area contributed by atoms with Crippen LogP contribution in [0.25, 0.3) is 11.3 Å². The second kappa shape index (κ2) is 9.24. The predicted molar refractivity (Wildman–Crippen MR) is 116 cm³/mol. The molecule has 166 valence electrons. The molecule has 4 nitrogen and oxygen atoms in total. The van der Waals surface area contributed by atoms with Gasteiger partial charge >= 0.3 is 12.1 Å². The number of hydrogen-bond donors (Lipinski definition) is 1. The SMILES string of the molecule is O=C(O)COc1ccc(SCc2ccc(-c3ccc(C(F)(F)F)cn3)cc2)c2c1CCC2. The van der Waals surface area contributed by atoms with Crippen LogP contribution >= 0.6 is 11.8 Å². The number of carboxylic acid groups (broad SMARTS) is 1. The fraction of sp³-hybridized carbons (Fsp3) is 0.250. The molecule has 0 spiro atoms. The summed E-state index contributed by atoms with van der Waals surface area (Å²) in [5.41, 5.74) is 3.90. The number of fused-ring (bicyclic) bond motifs is 1. The minimum atomic E-state index is -4.40. The number of aliphatic carboxylic acids is 1. The van der Waals surface area contributed by atoms with Crippen LogP contribution in [0.5, 0.6) is 5.75 Å². The van der Waals surface area contributed by atoms with Crippen molar-refractivity contribution in [3.05, 3.63) is 77.0 Å². The van der Waals surface area contributed by atoms with Crippen molar-refractivity contribution < 1.29 is 27.8 Å². The largest absolute Gasteiger partial charge is 0.482 e. The number of pyridine rings is 1.